The first-order valence-corrected chi connectivity index (χ1v) is 10.9. The van der Waals surface area contributed by atoms with Crippen molar-refractivity contribution >= 4 is 22.6 Å². The number of hydrogen-bond acceptors (Lipinski definition) is 4. The van der Waals surface area contributed by atoms with Crippen molar-refractivity contribution in [2.24, 2.45) is 7.05 Å². The molecule has 0 bridgehead atoms. The zero-order chi connectivity index (χ0) is 25.0. The molecule has 182 valence electrons. The Bertz CT molecular complexity index is 1220. The summed E-state index contributed by atoms with van der Waals surface area (Å²) in [6.45, 7) is 2.65. The minimum Gasteiger partial charge on any atom is -0.313 e. The zero-order valence-corrected chi connectivity index (χ0v) is 19.6. The molecule has 10 heteroatoms. The van der Waals surface area contributed by atoms with Crippen LogP contribution >= 0.6 is 0 Å². The second-order valence-electron chi connectivity index (χ2n) is 8.28. The van der Waals surface area contributed by atoms with Gasteiger partial charge in [0.2, 0.25) is 0 Å². The number of carbonyl (C=O) groups is 1. The second-order valence-corrected chi connectivity index (χ2v) is 8.28. The highest BCUT2D eigenvalue weighted by Crippen LogP contribution is 2.31. The Morgan fingerprint density at radius 1 is 1.12 bits per heavy atom. The summed E-state index contributed by atoms with van der Waals surface area (Å²) < 4.78 is 40.8. The third-order valence-corrected chi connectivity index (χ3v) is 5.57. The van der Waals surface area contributed by atoms with Crippen molar-refractivity contribution in [1.29, 1.82) is 0 Å². The van der Waals surface area contributed by atoms with E-state index in [2.05, 4.69) is 10.3 Å². The van der Waals surface area contributed by atoms with Crippen LogP contribution < -0.4 is 10.9 Å². The first-order chi connectivity index (χ1) is 16.0. The zero-order valence-electron chi connectivity index (χ0n) is 19.6. The molecule has 3 rings (SSSR count). The standard InChI is InChI=1S/C24H28F3N5O2/c1-5-20(21-29-19-12-7-6-11-18(19)22(33)31(21)4)32(14-13-30(2)3)23(34)28-17-10-8-9-16(15-17)24(25,26)27/h6-12,15,20H,5,13-14H2,1-4H3,(H,28,34). The van der Waals surface area contributed by atoms with Crippen molar-refractivity contribution in [3.05, 3.63) is 70.3 Å². The maximum absolute atomic E-state index is 13.3. The Kier molecular flexibility index (Phi) is 7.61. The van der Waals surface area contributed by atoms with Gasteiger partial charge in [-0.1, -0.05) is 25.1 Å². The van der Waals surface area contributed by atoms with Gasteiger partial charge in [0.15, 0.2) is 0 Å². The molecule has 0 aliphatic heterocycles. The van der Waals surface area contributed by atoms with Crippen LogP contribution in [0.3, 0.4) is 0 Å². The molecule has 0 saturated carbocycles. The van der Waals surface area contributed by atoms with Crippen LogP contribution in [0.5, 0.6) is 0 Å². The van der Waals surface area contributed by atoms with Gasteiger partial charge in [-0.25, -0.2) is 9.78 Å². The topological polar surface area (TPSA) is 70.5 Å². The number of carbonyl (C=O) groups excluding carboxylic acids is 1. The fourth-order valence-electron chi connectivity index (χ4n) is 3.75. The molecule has 0 radical (unpaired) electrons. The first-order valence-electron chi connectivity index (χ1n) is 10.9. The average molecular weight is 476 g/mol. The number of likely N-dealkylation sites (N-methyl/N-ethyl adjacent to an activating group) is 1. The van der Waals surface area contributed by atoms with E-state index in [1.54, 1.807) is 31.3 Å². The molecule has 0 aliphatic carbocycles. The van der Waals surface area contributed by atoms with Crippen LogP contribution in [0.1, 0.15) is 30.8 Å². The minimum atomic E-state index is -4.52. The lowest BCUT2D eigenvalue weighted by Crippen LogP contribution is -2.43. The molecule has 1 heterocycles. The summed E-state index contributed by atoms with van der Waals surface area (Å²) in [6, 6.07) is 10.3. The lowest BCUT2D eigenvalue weighted by molar-refractivity contribution is -0.137. The maximum atomic E-state index is 13.3. The summed E-state index contributed by atoms with van der Waals surface area (Å²) in [5.41, 5.74) is -0.532. The van der Waals surface area contributed by atoms with Gasteiger partial charge in [0.05, 0.1) is 22.5 Å². The van der Waals surface area contributed by atoms with Crippen molar-refractivity contribution in [3.8, 4) is 0 Å². The number of para-hydroxylation sites is 1. The fourth-order valence-corrected chi connectivity index (χ4v) is 3.75. The van der Waals surface area contributed by atoms with Crippen molar-refractivity contribution in [2.45, 2.75) is 25.6 Å². The van der Waals surface area contributed by atoms with E-state index >= 15 is 0 Å². The van der Waals surface area contributed by atoms with Gasteiger partial charge in [-0.3, -0.25) is 9.36 Å². The molecule has 1 unspecified atom stereocenters. The number of urea groups is 1. The molecule has 0 saturated heterocycles. The quantitative estimate of drug-likeness (QED) is 0.546. The molecule has 2 amide bonds. The molecular formula is C24H28F3N5O2. The number of halogens is 3. The minimum absolute atomic E-state index is 0.0323. The third kappa shape index (κ3) is 5.56. The monoisotopic (exact) mass is 475 g/mol. The van der Waals surface area contributed by atoms with E-state index in [-0.39, 0.29) is 17.8 Å². The van der Waals surface area contributed by atoms with Gasteiger partial charge in [0, 0.05) is 25.8 Å². The second kappa shape index (κ2) is 10.3. The van der Waals surface area contributed by atoms with E-state index in [9.17, 15) is 22.8 Å². The van der Waals surface area contributed by atoms with Crippen molar-refractivity contribution < 1.29 is 18.0 Å². The molecule has 3 aromatic rings. The molecule has 1 N–H and O–H groups in total. The van der Waals surface area contributed by atoms with Crippen molar-refractivity contribution in [1.82, 2.24) is 19.4 Å². The predicted octanol–water partition coefficient (Wildman–Crippen LogP) is 4.50. The number of anilines is 1. The molecule has 1 atom stereocenters. The summed E-state index contributed by atoms with van der Waals surface area (Å²) in [5, 5.41) is 3.06. The number of nitrogens with zero attached hydrogens (tertiary/aromatic N) is 4. The fraction of sp³-hybridized carbons (Fsp3) is 0.375. The van der Waals surface area contributed by atoms with Crippen LogP contribution in [0.4, 0.5) is 23.7 Å². The average Bonchev–Trinajstić information content (AvgIpc) is 2.78. The van der Waals surface area contributed by atoms with E-state index in [4.69, 9.17) is 0 Å². The molecule has 7 nitrogen and oxygen atoms in total. The van der Waals surface area contributed by atoms with Gasteiger partial charge >= 0.3 is 12.2 Å². The molecule has 1 aromatic heterocycles. The summed E-state index contributed by atoms with van der Waals surface area (Å²) in [4.78, 5) is 34.3. The highest BCUT2D eigenvalue weighted by molar-refractivity contribution is 5.89. The molecule has 0 aliphatic rings. The van der Waals surface area contributed by atoms with E-state index < -0.39 is 23.8 Å². The Balaban J connectivity index is 2.01. The number of amides is 2. The van der Waals surface area contributed by atoms with E-state index in [0.29, 0.717) is 29.7 Å². The number of nitrogens with one attached hydrogen (secondary N) is 1. The highest BCUT2D eigenvalue weighted by atomic mass is 19.4. The third-order valence-electron chi connectivity index (χ3n) is 5.57. The van der Waals surface area contributed by atoms with Crippen LogP contribution in [0.15, 0.2) is 53.3 Å². The van der Waals surface area contributed by atoms with Crippen LogP contribution in [0.2, 0.25) is 0 Å². The van der Waals surface area contributed by atoms with Crippen LogP contribution in [-0.4, -0.2) is 52.6 Å². The number of aromatic nitrogens is 2. The summed E-state index contributed by atoms with van der Waals surface area (Å²) in [7, 11) is 5.32. The maximum Gasteiger partial charge on any atom is 0.416 e. The lowest BCUT2D eigenvalue weighted by atomic mass is 10.1. The molecule has 34 heavy (non-hydrogen) atoms. The van der Waals surface area contributed by atoms with Gasteiger partial charge in [0.1, 0.15) is 5.82 Å². The van der Waals surface area contributed by atoms with E-state index in [0.717, 1.165) is 12.1 Å². The molecule has 2 aromatic carbocycles. The Hall–Kier alpha value is -3.40. The van der Waals surface area contributed by atoms with E-state index in [1.165, 1.54) is 21.6 Å². The molecule has 0 spiro atoms. The Labute approximate surface area is 195 Å². The van der Waals surface area contributed by atoms with E-state index in [1.807, 2.05) is 25.9 Å². The highest BCUT2D eigenvalue weighted by Gasteiger charge is 2.31. The first kappa shape index (κ1) is 25.2. The van der Waals surface area contributed by atoms with Gasteiger partial charge in [-0.2, -0.15) is 13.2 Å². The van der Waals surface area contributed by atoms with Crippen LogP contribution in [0, 0.1) is 0 Å². The molecule has 0 fully saturated rings. The summed E-state index contributed by atoms with van der Waals surface area (Å²) in [5.74, 6) is 0.407. The SMILES string of the molecule is CCC(c1nc2ccccc2c(=O)n1C)N(CCN(C)C)C(=O)Nc1cccc(C(F)(F)F)c1. The number of fused-ring (bicyclic) bond motifs is 1. The Morgan fingerprint density at radius 2 is 1.82 bits per heavy atom. The smallest absolute Gasteiger partial charge is 0.313 e. The van der Waals surface area contributed by atoms with Gasteiger partial charge in [0.25, 0.3) is 5.56 Å². The van der Waals surface area contributed by atoms with Crippen LogP contribution in [0.25, 0.3) is 10.9 Å². The van der Waals surface area contributed by atoms with Crippen molar-refractivity contribution in [2.75, 3.05) is 32.5 Å². The number of rotatable bonds is 7. The summed E-state index contributed by atoms with van der Waals surface area (Å²) >= 11 is 0. The van der Waals surface area contributed by atoms with Crippen LogP contribution in [-0.2, 0) is 13.2 Å². The molecular weight excluding hydrogens is 447 g/mol. The van der Waals surface area contributed by atoms with Gasteiger partial charge in [-0.15, -0.1) is 0 Å². The normalized spacial score (nSPS) is 12.7. The van der Waals surface area contributed by atoms with Crippen molar-refractivity contribution in [3.63, 3.8) is 0 Å². The Morgan fingerprint density at radius 3 is 2.47 bits per heavy atom. The largest absolute Gasteiger partial charge is 0.416 e. The predicted molar refractivity (Wildman–Crippen MR) is 126 cm³/mol. The number of hydrogen-bond donors (Lipinski definition) is 1. The lowest BCUT2D eigenvalue weighted by Gasteiger charge is -2.32. The number of benzene rings is 2. The van der Waals surface area contributed by atoms with Gasteiger partial charge < -0.3 is 15.1 Å². The number of alkyl halides is 3. The van der Waals surface area contributed by atoms with Gasteiger partial charge in [-0.05, 0) is 50.8 Å². The summed E-state index contributed by atoms with van der Waals surface area (Å²) in [6.07, 6.45) is -4.08.